The van der Waals surface area contributed by atoms with E-state index in [-0.39, 0.29) is 0 Å². The van der Waals surface area contributed by atoms with Crippen molar-refractivity contribution in [1.29, 1.82) is 0 Å². The molecule has 0 aromatic carbocycles. The molecule has 0 saturated carbocycles. The Morgan fingerprint density at radius 2 is 0.760 bits per heavy atom. The van der Waals surface area contributed by atoms with Gasteiger partial charge < -0.3 is 14.7 Å². The Labute approximate surface area is 173 Å². The van der Waals surface area contributed by atoms with E-state index in [2.05, 4.69) is 35.5 Å². The van der Waals surface area contributed by atoms with Crippen LogP contribution in [0.25, 0.3) is 0 Å². The third kappa shape index (κ3) is 17.1. The van der Waals surface area contributed by atoms with Crippen LogP contribution in [0.1, 0.15) is 59.3 Å². The number of hydrogen-bond acceptors (Lipinski definition) is 3. The monoisotopic (exact) mass is 458 g/mol. The number of halogens is 3. The van der Waals surface area contributed by atoms with E-state index in [0.29, 0.717) is 0 Å². The second kappa shape index (κ2) is 18.6. The topological polar surface area (TPSA) is 9.72 Å². The SMILES string of the molecule is CCCCN1CCN(CCCC)CCN(CCCC)CC1.[Cl][Fe]([Cl])[Cl]. The Morgan fingerprint density at radius 3 is 0.920 bits per heavy atom. The third-order valence-corrected chi connectivity index (χ3v) is 4.68. The normalized spacial score (nSPS) is 18.7. The van der Waals surface area contributed by atoms with E-state index in [4.69, 9.17) is 30.3 Å². The van der Waals surface area contributed by atoms with E-state index >= 15 is 0 Å². The van der Waals surface area contributed by atoms with Crippen molar-refractivity contribution >= 4 is 30.3 Å². The Morgan fingerprint density at radius 1 is 0.560 bits per heavy atom. The third-order valence-electron chi connectivity index (χ3n) is 4.68. The van der Waals surface area contributed by atoms with Crippen molar-refractivity contribution in [2.75, 3.05) is 58.9 Å². The van der Waals surface area contributed by atoms with E-state index in [1.54, 1.807) is 0 Å². The minimum atomic E-state index is -1.33. The van der Waals surface area contributed by atoms with Gasteiger partial charge in [-0.15, -0.1) is 0 Å². The van der Waals surface area contributed by atoms with Gasteiger partial charge in [0, 0.05) is 39.3 Å². The molecule has 0 aliphatic carbocycles. The molecule has 0 unspecified atom stereocenters. The van der Waals surface area contributed by atoms with Crippen LogP contribution >= 0.6 is 30.3 Å². The fourth-order valence-electron chi connectivity index (χ4n) is 3.00. The maximum absolute atomic E-state index is 4.89. The first kappa shape index (κ1) is 26.3. The standard InChI is InChI=1S/C18H39N3.3ClH.Fe/c1-4-7-10-19-13-15-20(11-8-5-2)17-18-21(16-14-19)12-9-6-3;;;;/h4-18H2,1-3H3;3*1H;/q;;;;+3/p-3. The van der Waals surface area contributed by atoms with Gasteiger partial charge in [0.25, 0.3) is 0 Å². The van der Waals surface area contributed by atoms with Crippen LogP contribution in [0.3, 0.4) is 0 Å². The zero-order chi connectivity index (χ0) is 18.9. The second-order valence-corrected chi connectivity index (χ2v) is 12.2. The van der Waals surface area contributed by atoms with Crippen LogP contribution in [-0.4, -0.2) is 73.6 Å². The first-order chi connectivity index (χ1) is 12.0. The van der Waals surface area contributed by atoms with Crippen molar-refractivity contribution in [1.82, 2.24) is 14.7 Å². The number of hydrogen-bond donors (Lipinski definition) is 0. The summed E-state index contributed by atoms with van der Waals surface area (Å²) >= 11 is -1.33. The maximum atomic E-state index is 4.89. The molecule has 0 aromatic rings. The van der Waals surface area contributed by atoms with Crippen molar-refractivity contribution < 1.29 is 11.2 Å². The van der Waals surface area contributed by atoms with Crippen molar-refractivity contribution in [3.05, 3.63) is 0 Å². The molecular formula is C18H39Cl3FeN3. The molecule has 0 amide bonds. The van der Waals surface area contributed by atoms with Crippen LogP contribution in [0.2, 0.25) is 0 Å². The van der Waals surface area contributed by atoms with Gasteiger partial charge in [-0.25, -0.2) is 0 Å². The molecule has 0 radical (unpaired) electrons. The predicted octanol–water partition coefficient (Wildman–Crippen LogP) is 5.37. The van der Waals surface area contributed by atoms with Crippen LogP contribution in [0.15, 0.2) is 0 Å². The summed E-state index contributed by atoms with van der Waals surface area (Å²) in [6.45, 7) is 18.4. The Hall–Kier alpha value is 1.27. The van der Waals surface area contributed by atoms with Crippen LogP contribution in [0.5, 0.6) is 0 Å². The summed E-state index contributed by atoms with van der Waals surface area (Å²) in [4.78, 5) is 8.10. The molecule has 0 aromatic heterocycles. The predicted molar refractivity (Wildman–Crippen MR) is 112 cm³/mol. The summed E-state index contributed by atoms with van der Waals surface area (Å²) in [6, 6.07) is 0. The average molecular weight is 460 g/mol. The average Bonchev–Trinajstić information content (AvgIpc) is 2.67. The van der Waals surface area contributed by atoms with Crippen LogP contribution < -0.4 is 0 Å². The number of nitrogens with zero attached hydrogens (tertiary/aromatic N) is 3. The van der Waals surface area contributed by atoms with Gasteiger partial charge in [-0.1, -0.05) is 40.0 Å². The summed E-state index contributed by atoms with van der Waals surface area (Å²) < 4.78 is 0. The molecule has 3 nitrogen and oxygen atoms in total. The molecule has 1 aliphatic rings. The van der Waals surface area contributed by atoms with E-state index in [9.17, 15) is 0 Å². The van der Waals surface area contributed by atoms with Crippen molar-refractivity contribution in [3.63, 3.8) is 0 Å². The van der Waals surface area contributed by atoms with Crippen LogP contribution in [0, 0.1) is 0 Å². The summed E-state index contributed by atoms with van der Waals surface area (Å²) in [5.74, 6) is 0. The van der Waals surface area contributed by atoms with E-state index in [1.807, 2.05) is 0 Å². The molecule has 1 aliphatic heterocycles. The molecule has 155 valence electrons. The van der Waals surface area contributed by atoms with Gasteiger partial charge in [0.1, 0.15) is 0 Å². The Balaban J connectivity index is 0.00000129. The van der Waals surface area contributed by atoms with Crippen molar-refractivity contribution in [2.24, 2.45) is 0 Å². The second-order valence-electron chi connectivity index (χ2n) is 6.74. The summed E-state index contributed by atoms with van der Waals surface area (Å²) in [5, 5.41) is 0. The van der Waals surface area contributed by atoms with Gasteiger partial charge in [0.15, 0.2) is 0 Å². The van der Waals surface area contributed by atoms with Crippen molar-refractivity contribution in [3.8, 4) is 0 Å². The van der Waals surface area contributed by atoms with Gasteiger partial charge in [-0.05, 0) is 38.9 Å². The van der Waals surface area contributed by atoms with E-state index in [0.717, 1.165) is 0 Å². The first-order valence-corrected chi connectivity index (χ1v) is 14.4. The zero-order valence-electron chi connectivity index (χ0n) is 16.4. The van der Waals surface area contributed by atoms with Gasteiger partial charge >= 0.3 is 41.5 Å². The molecule has 1 saturated heterocycles. The molecule has 1 fully saturated rings. The molecule has 1 rings (SSSR count). The van der Waals surface area contributed by atoms with Crippen LogP contribution in [-0.2, 0) is 11.2 Å². The summed E-state index contributed by atoms with van der Waals surface area (Å²) in [7, 11) is 14.7. The van der Waals surface area contributed by atoms with Gasteiger partial charge in [-0.3, -0.25) is 0 Å². The molecule has 1 heterocycles. The Bertz CT molecular complexity index is 233. The molecule has 7 heteroatoms. The quantitative estimate of drug-likeness (QED) is 0.429. The van der Waals surface area contributed by atoms with E-state index < -0.39 is 11.2 Å². The zero-order valence-corrected chi connectivity index (χ0v) is 19.8. The van der Waals surface area contributed by atoms with E-state index in [1.165, 1.54) is 97.4 Å². The molecule has 0 N–H and O–H groups in total. The fourth-order valence-corrected chi connectivity index (χ4v) is 3.00. The van der Waals surface area contributed by atoms with Gasteiger partial charge in [-0.2, -0.15) is 0 Å². The minimum absolute atomic E-state index is 1.27. The first-order valence-electron chi connectivity index (χ1n) is 9.87. The fraction of sp³-hybridized carbons (Fsp3) is 1.00. The van der Waals surface area contributed by atoms with Crippen LogP contribution in [0.4, 0.5) is 0 Å². The van der Waals surface area contributed by atoms with Crippen molar-refractivity contribution in [2.45, 2.75) is 59.3 Å². The molecule has 0 bridgehead atoms. The summed E-state index contributed by atoms with van der Waals surface area (Å²) in [5.41, 5.74) is 0. The molecular weight excluding hydrogens is 420 g/mol. The molecule has 25 heavy (non-hydrogen) atoms. The Kier molecular flexibility index (Phi) is 19.6. The number of rotatable bonds is 9. The number of unbranched alkanes of at least 4 members (excludes halogenated alkanes) is 3. The molecule has 0 spiro atoms. The summed E-state index contributed by atoms with van der Waals surface area (Å²) in [6.07, 6.45) is 8.00. The van der Waals surface area contributed by atoms with Gasteiger partial charge in [0.2, 0.25) is 0 Å². The van der Waals surface area contributed by atoms with Gasteiger partial charge in [0.05, 0.1) is 0 Å². The molecule has 0 atom stereocenters.